The molecule has 0 aromatic carbocycles. The molecule has 0 heterocycles. The normalized spacial score (nSPS) is 51.7. The number of alkyl carbamates (subject to hydrolysis) is 1. The number of hydrogen-bond acceptors (Lipinski definition) is 4. The lowest BCUT2D eigenvalue weighted by atomic mass is 8.96. The maximum absolute atomic E-state index is 12.1. The van der Waals surface area contributed by atoms with Gasteiger partial charge < -0.3 is 14.8 Å². The summed E-state index contributed by atoms with van der Waals surface area (Å²) in [7, 11) is 1.38. The van der Waals surface area contributed by atoms with Gasteiger partial charge in [-0.05, 0) is 74.0 Å². The summed E-state index contributed by atoms with van der Waals surface area (Å²) < 4.78 is 10.2. The Bertz CT molecular complexity index is 541. The largest absolute Gasteiger partial charge is 0.467 e. The molecule has 0 aromatic heterocycles. The van der Waals surface area contributed by atoms with Crippen molar-refractivity contribution >= 4 is 12.1 Å². The minimum absolute atomic E-state index is 0.348. The molecule has 5 heteroatoms. The van der Waals surface area contributed by atoms with Crippen LogP contribution >= 0.6 is 0 Å². The fraction of sp³-hybridized carbons (Fsp3) is 0.882. The first-order chi connectivity index (χ1) is 10.3. The Labute approximate surface area is 130 Å². The molecule has 22 heavy (non-hydrogen) atoms. The first-order valence-corrected chi connectivity index (χ1v) is 8.38. The number of amides is 1. The standard InChI is InChI=1S/C17H23NO4/c1-16(2,3)22-15(20)18-6(14(19)21-4)5-17-11-8-7-9(11)13(17)10(7)12(8)17/h6-13H,5H2,1-4H3,(H,18,20). The number of rotatable bonds is 4. The Hall–Kier alpha value is -1.26. The van der Waals surface area contributed by atoms with E-state index in [1.54, 1.807) is 0 Å². The zero-order valence-corrected chi connectivity index (χ0v) is 13.5. The van der Waals surface area contributed by atoms with Crippen molar-refractivity contribution in [2.24, 2.45) is 46.8 Å². The molecule has 6 fully saturated rings. The van der Waals surface area contributed by atoms with E-state index in [-0.39, 0.29) is 5.97 Å². The highest BCUT2D eigenvalue weighted by atomic mass is 16.6. The second kappa shape index (κ2) is 3.46. The van der Waals surface area contributed by atoms with Gasteiger partial charge in [0, 0.05) is 0 Å². The number of ether oxygens (including phenoxy) is 2. The van der Waals surface area contributed by atoms with Crippen molar-refractivity contribution in [3.63, 3.8) is 0 Å². The summed E-state index contributed by atoms with van der Waals surface area (Å²) in [5, 5.41) is 2.75. The predicted octanol–water partition coefficient (Wildman–Crippen LogP) is 1.81. The molecule has 5 nitrogen and oxygen atoms in total. The maximum atomic E-state index is 12.1. The van der Waals surface area contributed by atoms with Crippen LogP contribution in [0.2, 0.25) is 0 Å². The lowest BCUT2D eigenvalue weighted by Crippen LogP contribution is -3.05. The molecule has 1 N–H and O–H groups in total. The molecule has 0 spiro atoms. The van der Waals surface area contributed by atoms with Crippen LogP contribution in [-0.2, 0) is 14.3 Å². The summed E-state index contributed by atoms with van der Waals surface area (Å²) in [4.78, 5) is 24.1. The zero-order valence-electron chi connectivity index (χ0n) is 13.5. The van der Waals surface area contributed by atoms with Gasteiger partial charge >= 0.3 is 12.1 Å². The van der Waals surface area contributed by atoms with Crippen molar-refractivity contribution in [2.75, 3.05) is 7.11 Å². The van der Waals surface area contributed by atoms with E-state index in [9.17, 15) is 9.59 Å². The van der Waals surface area contributed by atoms with Gasteiger partial charge in [0.2, 0.25) is 0 Å². The van der Waals surface area contributed by atoms with E-state index >= 15 is 0 Å². The van der Waals surface area contributed by atoms with Gasteiger partial charge in [0.1, 0.15) is 11.6 Å². The average Bonchev–Trinajstić information content (AvgIpc) is 2.44. The Kier molecular flexibility index (Phi) is 2.08. The minimum Gasteiger partial charge on any atom is -0.467 e. The highest BCUT2D eigenvalue weighted by Crippen LogP contribution is 3.06. The third kappa shape index (κ3) is 1.11. The molecule has 0 bridgehead atoms. The number of hydrogen-bond donors (Lipinski definition) is 1. The molecule has 0 aromatic rings. The van der Waals surface area contributed by atoms with E-state index in [1.807, 2.05) is 20.8 Å². The van der Waals surface area contributed by atoms with Crippen LogP contribution in [0.4, 0.5) is 4.79 Å². The summed E-state index contributed by atoms with van der Waals surface area (Å²) >= 11 is 0. The third-order valence-electron chi connectivity index (χ3n) is 7.42. The number of esters is 1. The van der Waals surface area contributed by atoms with Crippen LogP contribution in [0.1, 0.15) is 27.2 Å². The first-order valence-electron chi connectivity index (χ1n) is 8.38. The molecule has 0 aliphatic heterocycles. The highest BCUT2D eigenvalue weighted by Gasteiger charge is 3.03. The van der Waals surface area contributed by atoms with Gasteiger partial charge in [-0.25, -0.2) is 9.59 Å². The van der Waals surface area contributed by atoms with Crippen molar-refractivity contribution in [3.8, 4) is 0 Å². The number of methoxy groups -OCH3 is 1. The predicted molar refractivity (Wildman–Crippen MR) is 76.7 cm³/mol. The van der Waals surface area contributed by atoms with Crippen LogP contribution in [0.3, 0.4) is 0 Å². The fourth-order valence-corrected chi connectivity index (χ4v) is 7.22. The van der Waals surface area contributed by atoms with E-state index in [0.717, 1.165) is 47.8 Å². The molecule has 1 amide bonds. The third-order valence-corrected chi connectivity index (χ3v) is 7.42. The lowest BCUT2D eigenvalue weighted by molar-refractivity contribution is -0.616. The van der Waals surface area contributed by atoms with Gasteiger partial charge in [-0.1, -0.05) is 0 Å². The van der Waals surface area contributed by atoms with E-state index in [1.165, 1.54) is 7.11 Å². The van der Waals surface area contributed by atoms with Crippen LogP contribution in [0.5, 0.6) is 0 Å². The van der Waals surface area contributed by atoms with Crippen LogP contribution < -0.4 is 5.32 Å². The quantitative estimate of drug-likeness (QED) is 0.805. The number of carbonyl (C=O) groups excluding carboxylic acids is 2. The van der Waals surface area contributed by atoms with Gasteiger partial charge in [-0.3, -0.25) is 0 Å². The Morgan fingerprint density at radius 3 is 2.09 bits per heavy atom. The summed E-state index contributed by atoms with van der Waals surface area (Å²) in [5.74, 6) is 6.18. The molecule has 6 aliphatic carbocycles. The van der Waals surface area contributed by atoms with Crippen molar-refractivity contribution in [1.82, 2.24) is 5.32 Å². The molecule has 6 aliphatic rings. The summed E-state index contributed by atoms with van der Waals surface area (Å²) in [6.45, 7) is 5.45. The molecule has 0 saturated heterocycles. The van der Waals surface area contributed by atoms with Crippen molar-refractivity contribution in [1.29, 1.82) is 0 Å². The molecule has 6 rings (SSSR count). The molecule has 1 atom stereocenters. The van der Waals surface area contributed by atoms with Gasteiger partial charge in [-0.2, -0.15) is 0 Å². The average molecular weight is 305 g/mol. The Morgan fingerprint density at radius 1 is 1.09 bits per heavy atom. The maximum Gasteiger partial charge on any atom is 0.408 e. The first kappa shape index (κ1) is 13.2. The molecule has 6 saturated carbocycles. The molecular weight excluding hydrogens is 282 g/mol. The summed E-state index contributed by atoms with van der Waals surface area (Å²) in [6.07, 6.45) is 0.217. The second-order valence-corrected chi connectivity index (χ2v) is 8.93. The van der Waals surface area contributed by atoms with E-state index < -0.39 is 17.7 Å². The van der Waals surface area contributed by atoms with Gasteiger partial charge in [0.05, 0.1) is 7.11 Å². The number of nitrogens with one attached hydrogen (secondary N) is 1. The number of carbonyl (C=O) groups is 2. The monoisotopic (exact) mass is 305 g/mol. The second-order valence-electron chi connectivity index (χ2n) is 8.93. The minimum atomic E-state index is -0.565. The van der Waals surface area contributed by atoms with E-state index in [4.69, 9.17) is 9.47 Å². The zero-order chi connectivity index (χ0) is 15.6. The van der Waals surface area contributed by atoms with E-state index in [0.29, 0.717) is 5.41 Å². The molecule has 120 valence electrons. The van der Waals surface area contributed by atoms with Crippen LogP contribution in [0, 0.1) is 46.8 Å². The van der Waals surface area contributed by atoms with Crippen molar-refractivity contribution in [3.05, 3.63) is 0 Å². The van der Waals surface area contributed by atoms with Crippen molar-refractivity contribution in [2.45, 2.75) is 38.8 Å². The molecule has 1 unspecified atom stereocenters. The smallest absolute Gasteiger partial charge is 0.408 e. The topological polar surface area (TPSA) is 64.6 Å². The van der Waals surface area contributed by atoms with Crippen LogP contribution in [0.15, 0.2) is 0 Å². The van der Waals surface area contributed by atoms with Gasteiger partial charge in [0.15, 0.2) is 0 Å². The molecule has 0 radical (unpaired) electrons. The van der Waals surface area contributed by atoms with E-state index in [2.05, 4.69) is 5.32 Å². The van der Waals surface area contributed by atoms with Crippen LogP contribution in [0.25, 0.3) is 0 Å². The van der Waals surface area contributed by atoms with Gasteiger partial charge in [0.25, 0.3) is 0 Å². The van der Waals surface area contributed by atoms with Crippen LogP contribution in [-0.4, -0.2) is 30.8 Å². The summed E-state index contributed by atoms with van der Waals surface area (Å²) in [6, 6.07) is -0.565. The Balaban J connectivity index is 1.27. The van der Waals surface area contributed by atoms with Gasteiger partial charge in [-0.15, -0.1) is 0 Å². The highest BCUT2D eigenvalue weighted by molar-refractivity contribution is 5.81. The lowest BCUT2D eigenvalue weighted by Gasteiger charge is -3.08. The van der Waals surface area contributed by atoms with Crippen molar-refractivity contribution < 1.29 is 19.1 Å². The Morgan fingerprint density at radius 2 is 1.64 bits per heavy atom. The molecular formula is C17H23NO4. The fourth-order valence-electron chi connectivity index (χ4n) is 7.22. The SMILES string of the molecule is COC(=O)C(CC12C3C4C5C3C1C5C42)NC(=O)OC(C)(C)C. The summed E-state index contributed by atoms with van der Waals surface area (Å²) in [5.41, 5.74) is -0.200.